The lowest BCUT2D eigenvalue weighted by atomic mass is 9.73. The largest absolute Gasteiger partial charge is 0.458 e. The maximum Gasteiger partial charge on any atom is 0.408 e. The van der Waals surface area contributed by atoms with Gasteiger partial charge in [-0.1, -0.05) is 63.2 Å². The van der Waals surface area contributed by atoms with Gasteiger partial charge in [0.1, 0.15) is 17.6 Å². The van der Waals surface area contributed by atoms with E-state index in [2.05, 4.69) is 10.5 Å². The van der Waals surface area contributed by atoms with Crippen LogP contribution in [0, 0.1) is 23.7 Å². The minimum Gasteiger partial charge on any atom is -0.458 e. The topological polar surface area (TPSA) is 170 Å². The van der Waals surface area contributed by atoms with Crippen LogP contribution in [-0.2, 0) is 47.5 Å². The number of benzene rings is 2. The first kappa shape index (κ1) is 45.4. The zero-order valence-electron chi connectivity index (χ0n) is 36.8. The molecule has 4 aliphatic rings. The molecule has 4 aliphatic heterocycles. The second-order valence-corrected chi connectivity index (χ2v) is 17.8. The Kier molecular flexibility index (Phi) is 14.0. The third-order valence-electron chi connectivity index (χ3n) is 12.9. The molecule has 4 heterocycles. The van der Waals surface area contributed by atoms with Crippen LogP contribution in [0.3, 0.4) is 0 Å². The fourth-order valence-corrected chi connectivity index (χ4v) is 9.74. The summed E-state index contributed by atoms with van der Waals surface area (Å²) in [7, 11) is 3.82. The Morgan fingerprint density at radius 1 is 0.983 bits per heavy atom. The van der Waals surface area contributed by atoms with Crippen LogP contribution >= 0.6 is 0 Å². The van der Waals surface area contributed by atoms with E-state index >= 15 is 0 Å². The van der Waals surface area contributed by atoms with Gasteiger partial charge in [-0.3, -0.25) is 14.4 Å². The predicted octanol–water partition coefficient (Wildman–Crippen LogP) is 5.84. The number of oxime groups is 1. The molecular formula is C45H63N3O12. The molecule has 2 aromatic rings. The Morgan fingerprint density at radius 2 is 1.70 bits per heavy atom. The summed E-state index contributed by atoms with van der Waals surface area (Å²) in [5, 5.41) is 9.40. The quantitative estimate of drug-likeness (QED) is 0.201. The summed E-state index contributed by atoms with van der Waals surface area (Å²) >= 11 is 0. The number of likely N-dealkylation sites (N-methyl/N-ethyl adjacent to an activating group) is 1. The van der Waals surface area contributed by atoms with Gasteiger partial charge in [-0.15, -0.1) is 0 Å². The van der Waals surface area contributed by atoms with Gasteiger partial charge in [0, 0.05) is 24.7 Å². The van der Waals surface area contributed by atoms with Crippen molar-refractivity contribution < 1.29 is 57.2 Å². The maximum absolute atomic E-state index is 14.6. The number of rotatable bonds is 7. The summed E-state index contributed by atoms with van der Waals surface area (Å²) in [6.07, 6.45) is -4.53. The Morgan fingerprint density at radius 3 is 2.38 bits per heavy atom. The van der Waals surface area contributed by atoms with Crippen molar-refractivity contribution >= 4 is 40.3 Å². The lowest BCUT2D eigenvalue weighted by Gasteiger charge is -2.49. The maximum atomic E-state index is 14.6. The number of carbonyl (C=O) groups excluding carboxylic acids is 4. The molecule has 0 aromatic heterocycles. The van der Waals surface area contributed by atoms with Gasteiger partial charge in [-0.25, -0.2) is 4.79 Å². The number of ketones is 1. The van der Waals surface area contributed by atoms with Crippen molar-refractivity contribution in [3.63, 3.8) is 0 Å². The minimum atomic E-state index is -1.34. The first-order chi connectivity index (χ1) is 28.3. The van der Waals surface area contributed by atoms with Crippen LogP contribution in [0.4, 0.5) is 4.79 Å². The highest BCUT2D eigenvalue weighted by molar-refractivity contribution is 5.87. The summed E-state index contributed by atoms with van der Waals surface area (Å²) in [6, 6.07) is 12.5. The van der Waals surface area contributed by atoms with E-state index in [0.29, 0.717) is 24.3 Å². The molecule has 15 heteroatoms. The molecule has 330 valence electrons. The van der Waals surface area contributed by atoms with Crippen LogP contribution in [-0.4, -0.2) is 122 Å². The lowest BCUT2D eigenvalue weighted by molar-refractivity contribution is -0.304. The monoisotopic (exact) mass is 837 g/mol. The highest BCUT2D eigenvalue weighted by atomic mass is 16.7. The van der Waals surface area contributed by atoms with Gasteiger partial charge < -0.3 is 48.2 Å². The number of fused-ring (bicyclic) bond motifs is 5. The van der Waals surface area contributed by atoms with E-state index in [1.165, 1.54) is 6.92 Å². The van der Waals surface area contributed by atoms with Crippen molar-refractivity contribution in [2.24, 2.45) is 28.8 Å². The first-order valence-electron chi connectivity index (χ1n) is 21.2. The predicted molar refractivity (Wildman–Crippen MR) is 221 cm³/mol. The molecule has 0 unspecified atom stereocenters. The van der Waals surface area contributed by atoms with Crippen LogP contribution in [0.5, 0.6) is 5.75 Å². The van der Waals surface area contributed by atoms with Gasteiger partial charge in [-0.2, -0.15) is 0 Å². The average molecular weight is 838 g/mol. The standard InChI is InChI=1S/C45H63N3O12/c1-12-35-45(9)39(46-43(52)59-45)26(4)36(50)24(2)21-44(8)40(58-42-38(56-29(7)49)34(48(10)11)19-25(3)55-42)27(5)37(28(6)41(51)57-35)53-22-32(23-54-44)47-60-33-18-17-30-15-13-14-16-31(30)20-33/h13-18,20,24-28,34-35,37-40,42H,12,19,21-23H2,1-11H3,(H,46,52)/b47-32-/t24-,25-,26+,27-,28-,34+,35-,37+,38-,39+,40-,42+,44-,45-/m1/s1. The Balaban J connectivity index is 1.46. The molecule has 14 atom stereocenters. The number of carbonyl (C=O) groups is 4. The smallest absolute Gasteiger partial charge is 0.408 e. The number of nitrogens with zero attached hydrogens (tertiary/aromatic N) is 2. The Labute approximate surface area is 353 Å². The molecule has 4 fully saturated rings. The van der Waals surface area contributed by atoms with E-state index in [4.69, 9.17) is 38.0 Å². The molecule has 0 aliphatic carbocycles. The van der Waals surface area contributed by atoms with E-state index < -0.39 is 89.7 Å². The normalized spacial score (nSPS) is 38.8. The molecule has 2 aromatic carbocycles. The Hall–Kier alpha value is -4.15. The van der Waals surface area contributed by atoms with Crippen LogP contribution in [0.2, 0.25) is 0 Å². The molecule has 60 heavy (non-hydrogen) atoms. The molecule has 15 nitrogen and oxygen atoms in total. The average Bonchev–Trinajstić information content (AvgIpc) is 3.53. The molecule has 0 spiro atoms. The van der Waals surface area contributed by atoms with Gasteiger partial charge >= 0.3 is 18.0 Å². The molecular weight excluding hydrogens is 775 g/mol. The number of Topliss-reactive ketones (excluding diaryl/α,β-unsaturated/α-hetero) is 1. The SMILES string of the molecule is CC[C@H]1OC(=O)[C@H](C)[C@H]2OC/C(=N/Oc3ccc4ccccc4c3)CO[C@](C)(C[C@@H](C)C(=O)[C@H](C)[C@@H]3NC(=O)O[C@]13C)[C@H](O[C@@H]1O[C@H](C)C[C@H](N(C)C)[C@H]1OC(C)=O)[C@@H]2C. The first-order valence-corrected chi connectivity index (χ1v) is 21.2. The van der Waals surface area contributed by atoms with Crippen molar-refractivity contribution in [1.29, 1.82) is 0 Å². The number of nitrogens with one attached hydrogen (secondary N) is 1. The summed E-state index contributed by atoms with van der Waals surface area (Å²) < 4.78 is 45.3. The van der Waals surface area contributed by atoms with E-state index in [-0.39, 0.29) is 37.6 Å². The number of ether oxygens (including phenoxy) is 7. The molecule has 6 rings (SSSR count). The highest BCUT2D eigenvalue weighted by Crippen LogP contribution is 2.42. The van der Waals surface area contributed by atoms with Crippen molar-refractivity contribution in [2.45, 2.75) is 142 Å². The third kappa shape index (κ3) is 9.50. The van der Waals surface area contributed by atoms with Crippen molar-refractivity contribution in [3.05, 3.63) is 42.5 Å². The number of hydrogen-bond donors (Lipinski definition) is 1. The van der Waals surface area contributed by atoms with E-state index in [9.17, 15) is 19.2 Å². The van der Waals surface area contributed by atoms with Crippen molar-refractivity contribution in [1.82, 2.24) is 10.2 Å². The number of cyclic esters (lactones) is 1. The van der Waals surface area contributed by atoms with Crippen LogP contribution < -0.4 is 10.2 Å². The lowest BCUT2D eigenvalue weighted by Crippen LogP contribution is -2.61. The molecule has 0 radical (unpaired) electrons. The van der Waals surface area contributed by atoms with Gasteiger partial charge in [0.15, 0.2) is 23.7 Å². The third-order valence-corrected chi connectivity index (χ3v) is 12.9. The van der Waals surface area contributed by atoms with Crippen molar-refractivity contribution in [2.75, 3.05) is 27.3 Å². The molecule has 0 saturated carbocycles. The van der Waals surface area contributed by atoms with Gasteiger partial charge in [0.05, 0.1) is 55.1 Å². The number of alkyl carbamates (subject to hydrolysis) is 1. The summed E-state index contributed by atoms with van der Waals surface area (Å²) in [6.45, 7) is 15.7. The molecule has 1 N–H and O–H groups in total. The fourth-order valence-electron chi connectivity index (χ4n) is 9.74. The zero-order valence-corrected chi connectivity index (χ0v) is 36.8. The molecule has 4 saturated heterocycles. The molecule has 2 bridgehead atoms. The van der Waals surface area contributed by atoms with Crippen molar-refractivity contribution in [3.8, 4) is 5.75 Å². The van der Waals surface area contributed by atoms with E-state index in [0.717, 1.165) is 10.8 Å². The number of amides is 1. The van der Waals surface area contributed by atoms with Gasteiger partial charge in [-0.05, 0) is 84.0 Å². The van der Waals surface area contributed by atoms with Crippen LogP contribution in [0.1, 0.15) is 81.6 Å². The van der Waals surface area contributed by atoms with Crippen LogP contribution in [0.25, 0.3) is 10.8 Å². The number of esters is 2. The molecule has 1 amide bonds. The second-order valence-electron chi connectivity index (χ2n) is 17.8. The summed E-state index contributed by atoms with van der Waals surface area (Å²) in [5.41, 5.74) is -2.24. The Bertz CT molecular complexity index is 1920. The van der Waals surface area contributed by atoms with E-state index in [1.807, 2.05) is 96.1 Å². The summed E-state index contributed by atoms with van der Waals surface area (Å²) in [4.78, 5) is 62.5. The minimum absolute atomic E-state index is 0.0806. The summed E-state index contributed by atoms with van der Waals surface area (Å²) in [5.74, 6) is -3.66. The van der Waals surface area contributed by atoms with Gasteiger partial charge in [0.2, 0.25) is 0 Å². The van der Waals surface area contributed by atoms with E-state index in [1.54, 1.807) is 20.8 Å². The fraction of sp³-hybridized carbons (Fsp3) is 0.667. The highest BCUT2D eigenvalue weighted by Gasteiger charge is 2.58. The van der Waals surface area contributed by atoms with Crippen LogP contribution in [0.15, 0.2) is 47.6 Å². The number of hydrogen-bond acceptors (Lipinski definition) is 14. The second kappa shape index (κ2) is 18.4. The zero-order chi connectivity index (χ0) is 43.7. The van der Waals surface area contributed by atoms with Gasteiger partial charge in [0.25, 0.3) is 0 Å².